The molecule has 0 radical (unpaired) electrons. The maximum Gasteiger partial charge on any atom is 0.408 e. The van der Waals surface area contributed by atoms with Crippen LogP contribution in [0.25, 0.3) is 0 Å². The molecule has 0 aromatic heterocycles. The number of carbonyl (C=O) groups is 3. The van der Waals surface area contributed by atoms with Crippen LogP contribution >= 0.6 is 0 Å². The fraction of sp³-hybridized carbons (Fsp3) is 0.640. The summed E-state index contributed by atoms with van der Waals surface area (Å²) in [5.41, 5.74) is 1.80. The van der Waals surface area contributed by atoms with Crippen molar-refractivity contribution >= 4 is 17.9 Å². The van der Waals surface area contributed by atoms with Gasteiger partial charge in [-0.25, -0.2) is 4.79 Å². The van der Waals surface area contributed by atoms with Crippen molar-refractivity contribution in [2.45, 2.75) is 92.0 Å². The van der Waals surface area contributed by atoms with Gasteiger partial charge in [-0.1, -0.05) is 37.1 Å². The van der Waals surface area contributed by atoms with E-state index in [0.717, 1.165) is 17.5 Å². The number of rotatable bonds is 10. The lowest BCUT2D eigenvalue weighted by Gasteiger charge is -2.35. The molecule has 0 spiro atoms. The Morgan fingerprint density at radius 3 is 2.27 bits per heavy atom. The van der Waals surface area contributed by atoms with E-state index in [9.17, 15) is 19.5 Å². The molecule has 0 aliphatic rings. The predicted octanol–water partition coefficient (Wildman–Crippen LogP) is 3.38. The fourth-order valence-electron chi connectivity index (χ4n) is 3.40. The van der Waals surface area contributed by atoms with Gasteiger partial charge in [0.05, 0.1) is 6.61 Å². The number of hydrogen-bond donors (Lipinski definition) is 3. The number of amides is 3. The van der Waals surface area contributed by atoms with Crippen LogP contribution in [-0.4, -0.2) is 58.8 Å². The SMILES string of the molecule is CCCCN(C(=O)C(CO)NC(=O)OC(C)(C)C)C(C(=O)NC(C)C)c1cc(C)ccc1C. The van der Waals surface area contributed by atoms with Gasteiger partial charge in [0.15, 0.2) is 0 Å². The fourth-order valence-corrected chi connectivity index (χ4v) is 3.40. The van der Waals surface area contributed by atoms with Gasteiger partial charge < -0.3 is 25.4 Å². The number of aliphatic hydroxyl groups is 1. The second-order valence-electron chi connectivity index (χ2n) is 9.69. The van der Waals surface area contributed by atoms with Crippen molar-refractivity contribution in [3.05, 3.63) is 34.9 Å². The van der Waals surface area contributed by atoms with Crippen molar-refractivity contribution < 1.29 is 24.2 Å². The van der Waals surface area contributed by atoms with Crippen molar-refractivity contribution in [1.82, 2.24) is 15.5 Å². The summed E-state index contributed by atoms with van der Waals surface area (Å²) in [5, 5.41) is 15.3. The Bertz CT molecular complexity index is 817. The van der Waals surface area contributed by atoms with E-state index < -0.39 is 36.3 Å². The van der Waals surface area contributed by atoms with Crippen molar-refractivity contribution in [3.63, 3.8) is 0 Å². The first-order chi connectivity index (χ1) is 15.3. The lowest BCUT2D eigenvalue weighted by atomic mass is 9.95. The lowest BCUT2D eigenvalue weighted by molar-refractivity contribution is -0.143. The number of ether oxygens (including phenoxy) is 1. The van der Waals surface area contributed by atoms with E-state index in [4.69, 9.17) is 4.74 Å². The highest BCUT2D eigenvalue weighted by Gasteiger charge is 2.36. The molecule has 1 aromatic carbocycles. The first kappa shape index (κ1) is 28.4. The van der Waals surface area contributed by atoms with Crippen molar-refractivity contribution in [1.29, 1.82) is 0 Å². The summed E-state index contributed by atoms with van der Waals surface area (Å²) in [6.07, 6.45) is 0.658. The number of carbonyl (C=O) groups excluding carboxylic acids is 3. The van der Waals surface area contributed by atoms with Crippen molar-refractivity contribution in [2.24, 2.45) is 0 Å². The van der Waals surface area contributed by atoms with Crippen LogP contribution in [0.15, 0.2) is 18.2 Å². The maximum absolute atomic E-state index is 13.6. The number of aryl methyl sites for hydroxylation is 2. The molecule has 8 heteroatoms. The molecule has 0 aliphatic heterocycles. The molecule has 1 rings (SSSR count). The summed E-state index contributed by atoms with van der Waals surface area (Å²) < 4.78 is 5.25. The third kappa shape index (κ3) is 9.04. The monoisotopic (exact) mass is 463 g/mol. The molecule has 0 saturated carbocycles. The summed E-state index contributed by atoms with van der Waals surface area (Å²) in [4.78, 5) is 40.7. The van der Waals surface area contributed by atoms with Gasteiger partial charge in [-0.3, -0.25) is 9.59 Å². The Morgan fingerprint density at radius 1 is 1.12 bits per heavy atom. The molecule has 2 unspecified atom stereocenters. The van der Waals surface area contributed by atoms with Gasteiger partial charge in [-0.05, 0) is 66.0 Å². The second-order valence-corrected chi connectivity index (χ2v) is 9.69. The molecule has 0 bridgehead atoms. The number of nitrogens with one attached hydrogen (secondary N) is 2. The molecule has 0 heterocycles. The second kappa shape index (κ2) is 12.6. The molecule has 0 aliphatic carbocycles. The maximum atomic E-state index is 13.6. The standard InChI is InChI=1S/C25H41N3O5/c1-9-10-13-28(23(31)20(15-29)27-24(32)33-25(6,7)8)21(22(30)26-16(2)3)19-14-17(4)11-12-18(19)5/h11-12,14,16,20-21,29H,9-10,13,15H2,1-8H3,(H,26,30)(H,27,32). The Balaban J connectivity index is 3.43. The minimum absolute atomic E-state index is 0.123. The van der Waals surface area contributed by atoms with Crippen LogP contribution in [0, 0.1) is 13.8 Å². The molecule has 3 amide bonds. The predicted molar refractivity (Wildman–Crippen MR) is 129 cm³/mol. The number of nitrogens with zero attached hydrogens (tertiary/aromatic N) is 1. The molecule has 3 N–H and O–H groups in total. The minimum Gasteiger partial charge on any atom is -0.444 e. The minimum atomic E-state index is -1.24. The van der Waals surface area contributed by atoms with Crippen LogP contribution in [0.3, 0.4) is 0 Å². The van der Waals surface area contributed by atoms with E-state index in [1.54, 1.807) is 20.8 Å². The lowest BCUT2D eigenvalue weighted by Crippen LogP contribution is -2.55. The van der Waals surface area contributed by atoms with Gasteiger partial charge >= 0.3 is 6.09 Å². The summed E-state index contributed by atoms with van der Waals surface area (Å²) in [5.74, 6) is -0.848. The van der Waals surface area contributed by atoms with E-state index in [1.807, 2.05) is 52.8 Å². The molecule has 33 heavy (non-hydrogen) atoms. The highest BCUT2D eigenvalue weighted by atomic mass is 16.6. The van der Waals surface area contributed by atoms with Crippen LogP contribution in [0.1, 0.15) is 77.1 Å². The highest BCUT2D eigenvalue weighted by Crippen LogP contribution is 2.27. The smallest absolute Gasteiger partial charge is 0.408 e. The largest absolute Gasteiger partial charge is 0.444 e. The van der Waals surface area contributed by atoms with Crippen LogP contribution < -0.4 is 10.6 Å². The number of benzene rings is 1. The zero-order chi connectivity index (χ0) is 25.3. The van der Waals surface area contributed by atoms with Crippen molar-refractivity contribution in [3.8, 4) is 0 Å². The Labute approximate surface area is 198 Å². The van der Waals surface area contributed by atoms with Gasteiger partial charge in [0.25, 0.3) is 0 Å². The Morgan fingerprint density at radius 2 is 1.76 bits per heavy atom. The molecular formula is C25H41N3O5. The van der Waals surface area contributed by atoms with Crippen LogP contribution in [-0.2, 0) is 14.3 Å². The molecular weight excluding hydrogens is 422 g/mol. The summed E-state index contributed by atoms with van der Waals surface area (Å²) in [6.45, 7) is 14.3. The van der Waals surface area contributed by atoms with E-state index >= 15 is 0 Å². The first-order valence-corrected chi connectivity index (χ1v) is 11.6. The average molecular weight is 464 g/mol. The summed E-state index contributed by atoms with van der Waals surface area (Å²) >= 11 is 0. The Hall–Kier alpha value is -2.61. The molecule has 2 atom stereocenters. The van der Waals surface area contributed by atoms with E-state index in [-0.39, 0.29) is 11.9 Å². The third-order valence-corrected chi connectivity index (χ3v) is 4.93. The van der Waals surface area contributed by atoms with Gasteiger partial charge in [-0.2, -0.15) is 0 Å². The number of unbranched alkanes of at least 4 members (excludes halogenated alkanes) is 1. The van der Waals surface area contributed by atoms with Crippen LogP contribution in [0.5, 0.6) is 0 Å². The summed E-state index contributed by atoms with van der Waals surface area (Å²) in [7, 11) is 0. The van der Waals surface area contributed by atoms with Crippen LogP contribution in [0.4, 0.5) is 4.79 Å². The van der Waals surface area contributed by atoms with E-state index in [2.05, 4.69) is 10.6 Å². The molecule has 186 valence electrons. The van der Waals surface area contributed by atoms with Gasteiger partial charge in [0.2, 0.25) is 11.8 Å². The number of alkyl carbamates (subject to hydrolysis) is 1. The molecule has 8 nitrogen and oxygen atoms in total. The zero-order valence-electron chi connectivity index (χ0n) is 21.3. The van der Waals surface area contributed by atoms with Crippen molar-refractivity contribution in [2.75, 3.05) is 13.2 Å². The highest BCUT2D eigenvalue weighted by molar-refractivity contribution is 5.92. The van der Waals surface area contributed by atoms with Gasteiger partial charge in [0, 0.05) is 12.6 Å². The van der Waals surface area contributed by atoms with Gasteiger partial charge in [0.1, 0.15) is 17.7 Å². The summed E-state index contributed by atoms with van der Waals surface area (Å²) in [6, 6.07) is 3.51. The molecule has 1 aromatic rings. The third-order valence-electron chi connectivity index (χ3n) is 4.93. The zero-order valence-corrected chi connectivity index (χ0v) is 21.3. The molecule has 0 fully saturated rings. The van der Waals surface area contributed by atoms with Gasteiger partial charge in [-0.15, -0.1) is 0 Å². The number of hydrogen-bond acceptors (Lipinski definition) is 5. The quantitative estimate of drug-likeness (QED) is 0.493. The number of aliphatic hydroxyl groups excluding tert-OH is 1. The first-order valence-electron chi connectivity index (χ1n) is 11.6. The normalized spacial score (nSPS) is 13.3. The molecule has 0 saturated heterocycles. The Kier molecular flexibility index (Phi) is 10.8. The van der Waals surface area contributed by atoms with Crippen LogP contribution in [0.2, 0.25) is 0 Å². The van der Waals surface area contributed by atoms with E-state index in [0.29, 0.717) is 18.5 Å². The van der Waals surface area contributed by atoms with E-state index in [1.165, 1.54) is 4.90 Å². The topological polar surface area (TPSA) is 108 Å². The average Bonchev–Trinajstić information content (AvgIpc) is 2.69.